The van der Waals surface area contributed by atoms with Crippen LogP contribution in [0.5, 0.6) is 5.75 Å². The molecule has 1 saturated carbocycles. The highest BCUT2D eigenvalue weighted by molar-refractivity contribution is 7.09. The van der Waals surface area contributed by atoms with Crippen LogP contribution in [0.3, 0.4) is 0 Å². The van der Waals surface area contributed by atoms with Gasteiger partial charge in [-0.15, -0.1) is 11.3 Å². The Kier molecular flexibility index (Phi) is 5.65. The minimum Gasteiger partial charge on any atom is -0.490 e. The van der Waals surface area contributed by atoms with Crippen LogP contribution < -0.4 is 15.8 Å². The molecule has 1 aliphatic rings. The van der Waals surface area contributed by atoms with Crippen molar-refractivity contribution in [3.8, 4) is 5.75 Å². The third kappa shape index (κ3) is 4.76. The highest BCUT2D eigenvalue weighted by Crippen LogP contribution is 2.30. The number of benzene rings is 1. The average Bonchev–Trinajstić information content (AvgIpc) is 3.30. The van der Waals surface area contributed by atoms with Gasteiger partial charge in [0.2, 0.25) is 0 Å². The van der Waals surface area contributed by atoms with Crippen LogP contribution in [-0.4, -0.2) is 24.0 Å². The van der Waals surface area contributed by atoms with Crippen molar-refractivity contribution < 1.29 is 13.9 Å². The van der Waals surface area contributed by atoms with E-state index in [0.29, 0.717) is 36.7 Å². The second-order valence-corrected chi connectivity index (χ2v) is 7.25. The molecular weight excluding hydrogens is 341 g/mol. The molecule has 3 N–H and O–H groups in total. The molecule has 1 aliphatic carbocycles. The molecular formula is C18H22FN3O2S. The van der Waals surface area contributed by atoms with E-state index in [1.807, 2.05) is 6.92 Å². The molecule has 0 saturated heterocycles. The fraction of sp³-hybridized carbons (Fsp3) is 0.444. The molecule has 0 bridgehead atoms. The Balaban J connectivity index is 1.60. The zero-order valence-electron chi connectivity index (χ0n) is 14.1. The molecule has 7 heteroatoms. The summed E-state index contributed by atoms with van der Waals surface area (Å²) >= 11 is 1.41. The van der Waals surface area contributed by atoms with Gasteiger partial charge >= 0.3 is 0 Å². The Labute approximate surface area is 150 Å². The van der Waals surface area contributed by atoms with E-state index in [1.165, 1.54) is 17.4 Å². The average molecular weight is 363 g/mol. The van der Waals surface area contributed by atoms with E-state index >= 15 is 0 Å². The van der Waals surface area contributed by atoms with Crippen LogP contribution in [0.2, 0.25) is 0 Å². The van der Waals surface area contributed by atoms with E-state index in [0.717, 1.165) is 17.8 Å². The van der Waals surface area contributed by atoms with Gasteiger partial charge in [-0.05, 0) is 49.9 Å². The second kappa shape index (κ2) is 7.93. The molecule has 5 nitrogen and oxygen atoms in total. The molecule has 0 aliphatic heterocycles. The highest BCUT2D eigenvalue weighted by atomic mass is 32.1. The highest BCUT2D eigenvalue weighted by Gasteiger charge is 2.22. The maximum atomic E-state index is 14.2. The molecule has 1 atom stereocenters. The van der Waals surface area contributed by atoms with Crippen LogP contribution in [0, 0.1) is 11.7 Å². The second-order valence-electron chi connectivity index (χ2n) is 6.30. The van der Waals surface area contributed by atoms with E-state index in [1.54, 1.807) is 17.5 Å². The molecule has 0 spiro atoms. The molecule has 2 aromatic rings. The number of halogens is 1. The summed E-state index contributed by atoms with van der Waals surface area (Å²) in [4.78, 5) is 16.5. The van der Waals surface area contributed by atoms with Crippen molar-refractivity contribution in [2.24, 2.45) is 11.7 Å². The lowest BCUT2D eigenvalue weighted by molar-refractivity contribution is 0.0935. The Morgan fingerprint density at radius 1 is 1.52 bits per heavy atom. The van der Waals surface area contributed by atoms with Gasteiger partial charge in [-0.1, -0.05) is 6.07 Å². The first kappa shape index (κ1) is 17.8. The van der Waals surface area contributed by atoms with Crippen LogP contribution >= 0.6 is 11.3 Å². The Hall–Kier alpha value is -1.99. The first-order valence-electron chi connectivity index (χ1n) is 8.44. The van der Waals surface area contributed by atoms with Gasteiger partial charge in [-0.25, -0.2) is 9.37 Å². The van der Waals surface area contributed by atoms with Crippen LogP contribution in [0.15, 0.2) is 23.6 Å². The van der Waals surface area contributed by atoms with E-state index < -0.39 is 5.82 Å². The molecule has 1 heterocycles. The normalized spacial score (nSPS) is 15.0. The number of nitrogens with one attached hydrogen (secondary N) is 1. The molecule has 134 valence electrons. The number of carbonyl (C=O) groups excluding carboxylic acids is 1. The number of nitrogens with zero attached hydrogens (tertiary/aromatic N) is 1. The summed E-state index contributed by atoms with van der Waals surface area (Å²) in [6.45, 7) is 2.88. The largest absolute Gasteiger partial charge is 0.490 e. The van der Waals surface area contributed by atoms with Crippen LogP contribution in [-0.2, 0) is 6.42 Å². The van der Waals surface area contributed by atoms with Crippen molar-refractivity contribution in [1.82, 2.24) is 10.3 Å². The fourth-order valence-corrected chi connectivity index (χ4v) is 3.20. The Bertz CT molecular complexity index is 746. The van der Waals surface area contributed by atoms with Gasteiger partial charge in [0.15, 0.2) is 11.6 Å². The lowest BCUT2D eigenvalue weighted by atomic mass is 10.1. The van der Waals surface area contributed by atoms with Crippen molar-refractivity contribution in [3.05, 3.63) is 45.7 Å². The van der Waals surface area contributed by atoms with E-state index in [-0.39, 0.29) is 17.7 Å². The van der Waals surface area contributed by atoms with Crippen LogP contribution in [0.4, 0.5) is 4.39 Å². The lowest BCUT2D eigenvalue weighted by Crippen LogP contribution is -2.27. The molecule has 1 aromatic heterocycles. The number of rotatable bonds is 8. The molecule has 1 unspecified atom stereocenters. The molecule has 1 fully saturated rings. The minimum absolute atomic E-state index is 0.264. The maximum absolute atomic E-state index is 14.2. The third-order valence-corrected chi connectivity index (χ3v) is 5.03. The first-order chi connectivity index (χ1) is 12.1. The van der Waals surface area contributed by atoms with Gasteiger partial charge in [0.1, 0.15) is 5.69 Å². The quantitative estimate of drug-likeness (QED) is 0.756. The number of ether oxygens (including phenoxy) is 1. The summed E-state index contributed by atoms with van der Waals surface area (Å²) in [6, 6.07) is 4.47. The third-order valence-electron chi connectivity index (χ3n) is 4.12. The van der Waals surface area contributed by atoms with Crippen molar-refractivity contribution in [3.63, 3.8) is 0 Å². The monoisotopic (exact) mass is 363 g/mol. The van der Waals surface area contributed by atoms with E-state index in [9.17, 15) is 9.18 Å². The standard InChI is InChI=1S/C18H22FN3O2S/c1-11(21-18(23)15-10-25-17(22-15)6-7-20)13-4-5-16(14(19)8-13)24-9-12-2-3-12/h4-5,8,10-12H,2-3,6-7,9,20H2,1H3,(H,21,23). The Morgan fingerprint density at radius 3 is 3.00 bits per heavy atom. The molecule has 3 rings (SSSR count). The van der Waals surface area contributed by atoms with Gasteiger partial charge in [0, 0.05) is 11.8 Å². The maximum Gasteiger partial charge on any atom is 0.271 e. The van der Waals surface area contributed by atoms with Gasteiger partial charge in [-0.3, -0.25) is 4.79 Å². The summed E-state index contributed by atoms with van der Waals surface area (Å²) in [5.41, 5.74) is 6.54. The summed E-state index contributed by atoms with van der Waals surface area (Å²) in [5, 5.41) is 5.39. The van der Waals surface area contributed by atoms with E-state index in [2.05, 4.69) is 10.3 Å². The summed E-state index contributed by atoms with van der Waals surface area (Å²) in [6.07, 6.45) is 2.97. The summed E-state index contributed by atoms with van der Waals surface area (Å²) in [7, 11) is 0. The smallest absolute Gasteiger partial charge is 0.271 e. The first-order valence-corrected chi connectivity index (χ1v) is 9.32. The van der Waals surface area contributed by atoms with Crippen molar-refractivity contribution in [1.29, 1.82) is 0 Å². The van der Waals surface area contributed by atoms with Crippen molar-refractivity contribution >= 4 is 17.2 Å². The number of hydrogen-bond acceptors (Lipinski definition) is 5. The lowest BCUT2D eigenvalue weighted by Gasteiger charge is -2.15. The number of aromatic nitrogens is 1. The number of thiazole rings is 1. The Morgan fingerprint density at radius 2 is 2.32 bits per heavy atom. The SMILES string of the molecule is CC(NC(=O)c1csc(CCN)n1)c1ccc(OCC2CC2)c(F)c1. The zero-order chi connectivity index (χ0) is 17.8. The molecule has 1 amide bonds. The van der Waals surface area contributed by atoms with Crippen molar-refractivity contribution in [2.75, 3.05) is 13.2 Å². The number of nitrogens with two attached hydrogens (primary N) is 1. The van der Waals surface area contributed by atoms with Gasteiger partial charge in [0.05, 0.1) is 17.7 Å². The fourth-order valence-electron chi connectivity index (χ4n) is 2.40. The van der Waals surface area contributed by atoms with Crippen LogP contribution in [0.25, 0.3) is 0 Å². The number of carbonyl (C=O) groups is 1. The number of hydrogen-bond donors (Lipinski definition) is 2. The summed E-state index contributed by atoms with van der Waals surface area (Å²) < 4.78 is 19.7. The van der Waals surface area contributed by atoms with E-state index in [4.69, 9.17) is 10.5 Å². The predicted molar refractivity (Wildman–Crippen MR) is 95.4 cm³/mol. The topological polar surface area (TPSA) is 77.2 Å². The zero-order valence-corrected chi connectivity index (χ0v) is 14.9. The summed E-state index contributed by atoms with van der Waals surface area (Å²) in [5.74, 6) is 0.152. The van der Waals surface area contributed by atoms with Crippen molar-refractivity contribution in [2.45, 2.75) is 32.2 Å². The van der Waals surface area contributed by atoms with Crippen LogP contribution in [0.1, 0.15) is 46.9 Å². The predicted octanol–water partition coefficient (Wildman–Crippen LogP) is 3.06. The van der Waals surface area contributed by atoms with Gasteiger partial charge in [-0.2, -0.15) is 0 Å². The van der Waals surface area contributed by atoms with Gasteiger partial charge < -0.3 is 15.8 Å². The molecule has 1 aromatic carbocycles. The minimum atomic E-state index is -0.405. The molecule has 25 heavy (non-hydrogen) atoms. The number of amides is 1. The molecule has 0 radical (unpaired) electrons. The van der Waals surface area contributed by atoms with Gasteiger partial charge in [0.25, 0.3) is 5.91 Å².